The SMILES string of the molecule is CC1(C)CCC(CN2CCN(c3ccc(C(=O)NS(=O)(=O)c4cc(N=O)c5c(c4)OC[C@H](CC(=O)N4CCOCC4)N5)c(Oc4cnc5[nH]ccc5c4)c3)CC2)=C(c2ccc(Cl)cc2)C1. The number of benzene rings is 3. The summed E-state index contributed by atoms with van der Waals surface area (Å²) in [6, 6.07) is 18.7. The summed E-state index contributed by atoms with van der Waals surface area (Å²) in [7, 11) is -4.59. The maximum absolute atomic E-state index is 14.0. The van der Waals surface area contributed by atoms with Crippen molar-refractivity contribution in [3.8, 4) is 17.2 Å². The van der Waals surface area contributed by atoms with Crippen LogP contribution in [0.4, 0.5) is 17.1 Å². The molecule has 3 aromatic carbocycles. The quantitative estimate of drug-likeness (QED) is 0.104. The molecule has 5 heterocycles. The number of hydrogen-bond acceptors (Lipinski definition) is 13. The number of aromatic nitrogens is 2. The molecule has 5 aromatic rings. The van der Waals surface area contributed by atoms with Crippen molar-refractivity contribution in [1.82, 2.24) is 24.5 Å². The van der Waals surface area contributed by atoms with Gasteiger partial charge in [-0.2, -0.15) is 0 Å². The monoisotopic (exact) mass is 922 g/mol. The van der Waals surface area contributed by atoms with Gasteiger partial charge >= 0.3 is 0 Å². The van der Waals surface area contributed by atoms with Crippen molar-refractivity contribution in [2.24, 2.45) is 10.6 Å². The summed E-state index contributed by atoms with van der Waals surface area (Å²) in [6.07, 6.45) is 6.56. The Labute approximate surface area is 382 Å². The molecule has 3 aliphatic heterocycles. The topological polar surface area (TPSA) is 188 Å². The smallest absolute Gasteiger partial charge is 0.268 e. The van der Waals surface area contributed by atoms with E-state index in [1.54, 1.807) is 35.4 Å². The fourth-order valence-electron chi connectivity index (χ4n) is 8.98. The second-order valence-corrected chi connectivity index (χ2v) is 19.9. The van der Waals surface area contributed by atoms with Gasteiger partial charge in [0.1, 0.15) is 40.9 Å². The van der Waals surface area contributed by atoms with E-state index in [-0.39, 0.29) is 52.8 Å². The van der Waals surface area contributed by atoms with Gasteiger partial charge in [-0.1, -0.05) is 43.2 Å². The zero-order chi connectivity index (χ0) is 45.3. The zero-order valence-corrected chi connectivity index (χ0v) is 37.8. The second kappa shape index (κ2) is 18.5. The zero-order valence-electron chi connectivity index (χ0n) is 36.3. The van der Waals surface area contributed by atoms with Gasteiger partial charge in [-0.3, -0.25) is 14.5 Å². The number of nitrogens with zero attached hydrogens (tertiary/aromatic N) is 5. The molecule has 2 aromatic heterocycles. The number of allylic oxidation sites excluding steroid dienone is 1. The normalized spacial score (nSPS) is 19.0. The van der Waals surface area contributed by atoms with Gasteiger partial charge in [0.05, 0.1) is 42.3 Å². The van der Waals surface area contributed by atoms with Gasteiger partial charge in [0.2, 0.25) is 5.91 Å². The van der Waals surface area contributed by atoms with Crippen LogP contribution < -0.4 is 24.4 Å². The van der Waals surface area contributed by atoms with E-state index >= 15 is 0 Å². The van der Waals surface area contributed by atoms with E-state index in [1.807, 2.05) is 18.2 Å². The van der Waals surface area contributed by atoms with Crippen LogP contribution >= 0.6 is 11.6 Å². The van der Waals surface area contributed by atoms with Gasteiger partial charge < -0.3 is 34.3 Å². The van der Waals surface area contributed by atoms with Crippen LogP contribution in [0.3, 0.4) is 0 Å². The lowest BCUT2D eigenvalue weighted by Gasteiger charge is -2.39. The fraction of sp³-hybridized carbons (Fsp3) is 0.383. The highest BCUT2D eigenvalue weighted by Crippen LogP contribution is 2.44. The average molecular weight is 923 g/mol. The lowest BCUT2D eigenvalue weighted by molar-refractivity contribution is -0.135. The van der Waals surface area contributed by atoms with Gasteiger partial charge in [0.15, 0.2) is 0 Å². The number of aromatic amines is 1. The summed E-state index contributed by atoms with van der Waals surface area (Å²) in [5, 5.41) is 7.70. The lowest BCUT2D eigenvalue weighted by Crippen LogP contribution is -2.47. The molecule has 16 nitrogen and oxygen atoms in total. The molecule has 3 N–H and O–H groups in total. The molecule has 0 saturated carbocycles. The third kappa shape index (κ3) is 9.98. The molecule has 4 aliphatic rings. The van der Waals surface area contributed by atoms with Crippen molar-refractivity contribution in [3.63, 3.8) is 0 Å². The minimum absolute atomic E-state index is 0.0323. The number of piperazine rings is 1. The van der Waals surface area contributed by atoms with Gasteiger partial charge in [0.25, 0.3) is 15.9 Å². The fourth-order valence-corrected chi connectivity index (χ4v) is 10.1. The average Bonchev–Trinajstić information content (AvgIpc) is 3.78. The van der Waals surface area contributed by atoms with Gasteiger partial charge in [-0.25, -0.2) is 18.1 Å². The number of H-pyrrole nitrogens is 1. The summed E-state index contributed by atoms with van der Waals surface area (Å²) in [6.45, 7) is 10.5. The van der Waals surface area contributed by atoms with Crippen LogP contribution in [-0.2, 0) is 19.6 Å². The number of rotatable bonds is 12. The molecule has 0 unspecified atom stereocenters. The lowest BCUT2D eigenvalue weighted by atomic mass is 9.72. The number of carbonyl (C=O) groups is 2. The number of halogens is 1. The first-order chi connectivity index (χ1) is 31.3. The second-order valence-electron chi connectivity index (χ2n) is 17.8. The number of carbonyl (C=O) groups excluding carboxylic acids is 2. The van der Waals surface area contributed by atoms with E-state index < -0.39 is 26.9 Å². The molecule has 65 heavy (non-hydrogen) atoms. The Kier molecular flexibility index (Phi) is 12.6. The summed E-state index contributed by atoms with van der Waals surface area (Å²) in [4.78, 5) is 52.5. The van der Waals surface area contributed by atoms with Gasteiger partial charge in [-0.15, -0.1) is 4.91 Å². The number of anilines is 2. The van der Waals surface area contributed by atoms with E-state index in [4.69, 9.17) is 25.8 Å². The highest BCUT2D eigenvalue weighted by molar-refractivity contribution is 7.90. The first kappa shape index (κ1) is 44.2. The Balaban J connectivity index is 0.922. The van der Waals surface area contributed by atoms with Crippen molar-refractivity contribution < 1.29 is 32.2 Å². The molecule has 0 radical (unpaired) electrons. The Bertz CT molecular complexity index is 2760. The number of nitrogens with one attached hydrogen (secondary N) is 3. The predicted molar refractivity (Wildman–Crippen MR) is 249 cm³/mol. The summed E-state index contributed by atoms with van der Waals surface area (Å²) < 4.78 is 47.5. The molecular weight excluding hydrogens is 872 g/mol. The number of hydrogen-bond donors (Lipinski definition) is 3. The highest BCUT2D eigenvalue weighted by atomic mass is 35.5. The standard InChI is InChI=1S/C47H51ClN8O8S/c1-47(2)11-9-32(39(26-47)30-3-5-33(48)6-4-30)28-54-13-15-55(16-14-54)35-7-8-38(41(23-35)64-36-21-31-10-12-49-45(31)50-27-36)46(58)53-65(60,61)37-24-40(52-59)44-42(25-37)63-29-34(51-44)22-43(57)56-17-19-62-20-18-56/h3-8,10,12,21,23-25,27,34,51H,9,11,13-20,22,26,28-29H2,1-2H3,(H,49,50)(H,53,58)/t34-/m0/s1. The van der Waals surface area contributed by atoms with E-state index in [2.05, 4.69) is 61.0 Å². The van der Waals surface area contributed by atoms with E-state index in [1.165, 1.54) is 29.0 Å². The maximum Gasteiger partial charge on any atom is 0.268 e. The van der Waals surface area contributed by atoms with Crippen LogP contribution in [0.5, 0.6) is 17.2 Å². The number of pyridine rings is 1. The van der Waals surface area contributed by atoms with E-state index in [9.17, 15) is 22.9 Å². The number of ether oxygens (including phenoxy) is 3. The Hall–Kier alpha value is -6.01. The molecule has 9 rings (SSSR count). The van der Waals surface area contributed by atoms with Crippen LogP contribution in [0.1, 0.15) is 55.5 Å². The van der Waals surface area contributed by atoms with Crippen molar-refractivity contribution in [2.75, 3.05) is 75.9 Å². The molecule has 0 spiro atoms. The minimum atomic E-state index is -4.59. The molecule has 2 fully saturated rings. The molecule has 1 atom stereocenters. The molecule has 2 saturated heterocycles. The Morgan fingerprint density at radius 2 is 1.78 bits per heavy atom. The van der Waals surface area contributed by atoms with Crippen molar-refractivity contribution in [1.29, 1.82) is 0 Å². The third-order valence-corrected chi connectivity index (χ3v) is 14.2. The highest BCUT2D eigenvalue weighted by Gasteiger charge is 2.32. The largest absolute Gasteiger partial charge is 0.489 e. The molecule has 340 valence electrons. The minimum Gasteiger partial charge on any atom is -0.489 e. The number of nitroso groups, excluding NO2 is 1. The van der Waals surface area contributed by atoms with Crippen LogP contribution in [0, 0.1) is 10.3 Å². The first-order valence-corrected chi connectivity index (χ1v) is 23.7. The van der Waals surface area contributed by atoms with Crippen LogP contribution in [0.15, 0.2) is 94.8 Å². The third-order valence-electron chi connectivity index (χ3n) is 12.6. The summed E-state index contributed by atoms with van der Waals surface area (Å²) in [5.41, 5.74) is 5.66. The Morgan fingerprint density at radius 1 is 1.00 bits per heavy atom. The van der Waals surface area contributed by atoms with Crippen molar-refractivity contribution >= 4 is 67.1 Å². The van der Waals surface area contributed by atoms with Crippen LogP contribution in [0.2, 0.25) is 5.02 Å². The molecule has 0 bridgehead atoms. The molecule has 18 heteroatoms. The van der Waals surface area contributed by atoms with Gasteiger partial charge in [-0.05, 0) is 83.5 Å². The molecular formula is C47H51ClN8O8S. The van der Waals surface area contributed by atoms with Crippen molar-refractivity contribution in [2.45, 2.75) is 50.5 Å². The van der Waals surface area contributed by atoms with E-state index in [0.29, 0.717) is 37.7 Å². The predicted octanol–water partition coefficient (Wildman–Crippen LogP) is 7.73. The maximum atomic E-state index is 14.0. The van der Waals surface area contributed by atoms with Crippen LogP contribution in [0.25, 0.3) is 16.6 Å². The molecule has 1 aliphatic carbocycles. The first-order valence-electron chi connectivity index (χ1n) is 21.8. The number of amides is 2. The number of fused-ring (bicyclic) bond motifs is 2. The number of sulfonamides is 1. The van der Waals surface area contributed by atoms with E-state index in [0.717, 1.165) is 74.1 Å². The molecule has 2 amide bonds. The Morgan fingerprint density at radius 3 is 2.55 bits per heavy atom. The summed E-state index contributed by atoms with van der Waals surface area (Å²) in [5.74, 6) is -0.526. The van der Waals surface area contributed by atoms with Crippen molar-refractivity contribution in [3.05, 3.63) is 106 Å². The van der Waals surface area contributed by atoms with Gasteiger partial charge in [0, 0.05) is 80.2 Å². The van der Waals surface area contributed by atoms with Crippen LogP contribution in [-0.4, -0.2) is 112 Å². The summed E-state index contributed by atoms with van der Waals surface area (Å²) >= 11 is 6.25. The number of morpholine rings is 1.